The van der Waals surface area contributed by atoms with E-state index in [0.29, 0.717) is 12.8 Å². The molecule has 5 nitrogen and oxygen atoms in total. The third-order valence-corrected chi connectivity index (χ3v) is 3.70. The number of carboxylic acids is 1. The van der Waals surface area contributed by atoms with E-state index >= 15 is 0 Å². The molecule has 20 heavy (non-hydrogen) atoms. The van der Waals surface area contributed by atoms with Gasteiger partial charge in [0.05, 0.1) is 12.1 Å². The van der Waals surface area contributed by atoms with E-state index in [2.05, 4.69) is 5.32 Å². The van der Waals surface area contributed by atoms with Gasteiger partial charge in [0, 0.05) is 11.1 Å². The number of nitrogens with one attached hydrogen (secondary N) is 1. The number of primary amides is 1. The maximum absolute atomic E-state index is 14.0. The quantitative estimate of drug-likeness (QED) is 0.770. The number of carbonyl (C=O) groups excluding carboxylic acids is 1. The van der Waals surface area contributed by atoms with E-state index in [4.69, 9.17) is 10.8 Å². The first kappa shape index (κ1) is 14.3. The fourth-order valence-corrected chi connectivity index (χ4v) is 2.74. The van der Waals surface area contributed by atoms with Crippen LogP contribution in [-0.4, -0.2) is 22.5 Å². The van der Waals surface area contributed by atoms with Gasteiger partial charge in [-0.25, -0.2) is 4.39 Å². The van der Waals surface area contributed by atoms with Crippen LogP contribution >= 0.6 is 0 Å². The van der Waals surface area contributed by atoms with Crippen molar-refractivity contribution >= 4 is 17.6 Å². The first-order chi connectivity index (χ1) is 9.42. The Bertz CT molecular complexity index is 539. The highest BCUT2D eigenvalue weighted by atomic mass is 19.1. The number of hydrogen-bond acceptors (Lipinski definition) is 3. The van der Waals surface area contributed by atoms with Gasteiger partial charge in [-0.15, -0.1) is 0 Å². The molecule has 0 saturated heterocycles. The SMILES string of the molecule is NC(=O)c1ccc(NC2(CC(=O)O)CCCC2)c(F)c1. The molecule has 0 spiro atoms. The smallest absolute Gasteiger partial charge is 0.305 e. The van der Waals surface area contributed by atoms with Crippen LogP contribution in [0.25, 0.3) is 0 Å². The second kappa shape index (κ2) is 5.48. The van der Waals surface area contributed by atoms with Crippen LogP contribution in [0.5, 0.6) is 0 Å². The molecule has 0 unspecified atom stereocenters. The predicted octanol–water partition coefficient (Wildman–Crippen LogP) is 2.12. The zero-order valence-corrected chi connectivity index (χ0v) is 11.0. The number of amides is 1. The van der Waals surface area contributed by atoms with Gasteiger partial charge in [-0.05, 0) is 31.0 Å². The summed E-state index contributed by atoms with van der Waals surface area (Å²) in [5.41, 5.74) is 4.77. The van der Waals surface area contributed by atoms with E-state index < -0.39 is 23.2 Å². The molecule has 1 fully saturated rings. The lowest BCUT2D eigenvalue weighted by Crippen LogP contribution is -2.37. The molecule has 1 aliphatic rings. The highest BCUT2D eigenvalue weighted by molar-refractivity contribution is 5.93. The number of aliphatic carboxylic acids is 1. The summed E-state index contributed by atoms with van der Waals surface area (Å²) in [5.74, 6) is -2.21. The average molecular weight is 280 g/mol. The lowest BCUT2D eigenvalue weighted by atomic mass is 9.92. The van der Waals surface area contributed by atoms with Crippen LogP contribution in [0.3, 0.4) is 0 Å². The van der Waals surface area contributed by atoms with Gasteiger partial charge >= 0.3 is 5.97 Å². The number of benzene rings is 1. The Labute approximate surface area is 116 Å². The third-order valence-electron chi connectivity index (χ3n) is 3.70. The van der Waals surface area contributed by atoms with E-state index in [-0.39, 0.29) is 17.7 Å². The first-order valence-corrected chi connectivity index (χ1v) is 6.51. The summed E-state index contributed by atoms with van der Waals surface area (Å²) in [5, 5.41) is 12.0. The molecule has 1 saturated carbocycles. The van der Waals surface area contributed by atoms with Gasteiger partial charge in [0.2, 0.25) is 5.91 Å². The number of hydrogen-bond donors (Lipinski definition) is 3. The molecule has 0 aliphatic heterocycles. The normalized spacial score (nSPS) is 16.9. The first-order valence-electron chi connectivity index (χ1n) is 6.51. The molecule has 0 aromatic heterocycles. The van der Waals surface area contributed by atoms with Crippen molar-refractivity contribution in [1.82, 2.24) is 0 Å². The van der Waals surface area contributed by atoms with Gasteiger partial charge in [0.1, 0.15) is 5.82 Å². The van der Waals surface area contributed by atoms with E-state index in [1.165, 1.54) is 12.1 Å². The summed E-state index contributed by atoms with van der Waals surface area (Å²) in [6.07, 6.45) is 3.17. The minimum atomic E-state index is -0.909. The minimum absolute atomic E-state index is 0.0516. The van der Waals surface area contributed by atoms with Crippen molar-refractivity contribution < 1.29 is 19.1 Å². The van der Waals surface area contributed by atoms with E-state index in [9.17, 15) is 14.0 Å². The van der Waals surface area contributed by atoms with Gasteiger partial charge in [0.25, 0.3) is 0 Å². The standard InChI is InChI=1S/C14H17FN2O3/c15-10-7-9(13(16)20)3-4-11(10)17-14(8-12(18)19)5-1-2-6-14/h3-4,7,17H,1-2,5-6,8H2,(H2,16,20)(H,18,19). The Morgan fingerprint density at radius 1 is 1.35 bits per heavy atom. The van der Waals surface area contributed by atoms with Gasteiger partial charge < -0.3 is 16.2 Å². The Morgan fingerprint density at radius 3 is 2.50 bits per heavy atom. The second-order valence-electron chi connectivity index (χ2n) is 5.24. The topological polar surface area (TPSA) is 92.4 Å². The summed E-state index contributed by atoms with van der Waals surface area (Å²) >= 11 is 0. The predicted molar refractivity (Wildman–Crippen MR) is 72.0 cm³/mol. The Balaban J connectivity index is 2.23. The van der Waals surface area contributed by atoms with Crippen LogP contribution in [0.2, 0.25) is 0 Å². The van der Waals surface area contributed by atoms with Crippen molar-refractivity contribution in [3.8, 4) is 0 Å². The summed E-state index contributed by atoms with van der Waals surface area (Å²) in [4.78, 5) is 22.0. The lowest BCUT2D eigenvalue weighted by molar-refractivity contribution is -0.138. The maximum atomic E-state index is 14.0. The molecule has 108 valence electrons. The monoisotopic (exact) mass is 280 g/mol. The summed E-state index contributed by atoms with van der Waals surface area (Å²) in [6.45, 7) is 0. The molecule has 0 heterocycles. The van der Waals surface area contributed by atoms with Crippen LogP contribution in [0, 0.1) is 5.82 Å². The molecular formula is C14H17FN2O3. The number of carbonyl (C=O) groups is 2. The third kappa shape index (κ3) is 3.07. The van der Waals surface area contributed by atoms with E-state index in [1.54, 1.807) is 0 Å². The van der Waals surface area contributed by atoms with Crippen molar-refractivity contribution in [1.29, 1.82) is 0 Å². The molecule has 2 rings (SSSR count). The summed E-state index contributed by atoms with van der Waals surface area (Å²) < 4.78 is 14.0. The van der Waals surface area contributed by atoms with Crippen LogP contribution in [-0.2, 0) is 4.79 Å². The molecule has 1 amide bonds. The van der Waals surface area contributed by atoms with E-state index in [0.717, 1.165) is 18.9 Å². The van der Waals surface area contributed by atoms with E-state index in [1.807, 2.05) is 0 Å². The summed E-state index contributed by atoms with van der Waals surface area (Å²) in [6, 6.07) is 3.92. The molecule has 1 aromatic carbocycles. The fraction of sp³-hybridized carbons (Fsp3) is 0.429. The van der Waals surface area contributed by atoms with Crippen molar-refractivity contribution in [2.24, 2.45) is 5.73 Å². The van der Waals surface area contributed by atoms with Crippen LogP contribution < -0.4 is 11.1 Å². The highest BCUT2D eigenvalue weighted by Crippen LogP contribution is 2.36. The number of nitrogens with two attached hydrogens (primary N) is 1. The zero-order valence-electron chi connectivity index (χ0n) is 11.0. The number of halogens is 1. The van der Waals surface area contributed by atoms with Gasteiger partial charge in [0.15, 0.2) is 0 Å². The molecule has 1 aliphatic carbocycles. The highest BCUT2D eigenvalue weighted by Gasteiger charge is 2.36. The average Bonchev–Trinajstić information content (AvgIpc) is 2.79. The van der Waals surface area contributed by atoms with Crippen molar-refractivity contribution in [3.63, 3.8) is 0 Å². The molecule has 0 bridgehead atoms. The van der Waals surface area contributed by atoms with Crippen molar-refractivity contribution in [2.45, 2.75) is 37.6 Å². The summed E-state index contributed by atoms with van der Waals surface area (Å²) in [7, 11) is 0. The number of carboxylic acid groups (broad SMARTS) is 1. The van der Waals surface area contributed by atoms with Crippen molar-refractivity contribution in [3.05, 3.63) is 29.6 Å². The fourth-order valence-electron chi connectivity index (χ4n) is 2.74. The van der Waals surface area contributed by atoms with Gasteiger partial charge in [-0.1, -0.05) is 12.8 Å². The molecule has 0 radical (unpaired) electrons. The Hall–Kier alpha value is -2.11. The second-order valence-corrected chi connectivity index (χ2v) is 5.24. The minimum Gasteiger partial charge on any atom is -0.481 e. The molecule has 1 aromatic rings. The molecular weight excluding hydrogens is 263 g/mol. The van der Waals surface area contributed by atoms with Crippen molar-refractivity contribution in [2.75, 3.05) is 5.32 Å². The molecule has 4 N–H and O–H groups in total. The number of anilines is 1. The van der Waals surface area contributed by atoms with Crippen LogP contribution in [0.15, 0.2) is 18.2 Å². The molecule has 6 heteroatoms. The Morgan fingerprint density at radius 2 is 2.00 bits per heavy atom. The largest absolute Gasteiger partial charge is 0.481 e. The van der Waals surface area contributed by atoms with Crippen LogP contribution in [0.4, 0.5) is 10.1 Å². The Kier molecular flexibility index (Phi) is 3.92. The van der Waals surface area contributed by atoms with Gasteiger partial charge in [-0.3, -0.25) is 9.59 Å². The maximum Gasteiger partial charge on any atom is 0.305 e. The molecule has 0 atom stereocenters. The zero-order chi connectivity index (χ0) is 14.8. The van der Waals surface area contributed by atoms with Gasteiger partial charge in [-0.2, -0.15) is 0 Å². The number of rotatable bonds is 5. The lowest BCUT2D eigenvalue weighted by Gasteiger charge is -2.30. The van der Waals surface area contributed by atoms with Crippen LogP contribution in [0.1, 0.15) is 42.5 Å².